The van der Waals surface area contributed by atoms with E-state index >= 15 is 0 Å². The summed E-state index contributed by atoms with van der Waals surface area (Å²) in [5.41, 5.74) is 2.97. The van der Waals surface area contributed by atoms with Crippen molar-refractivity contribution in [2.75, 3.05) is 38.1 Å². The standard InChI is InChI=1S/C15H25N2P/c1-4-12(2)13-6-5-7-14(18)15(13)17-10-8-16(3)9-11-17/h5-7,12H,4,8-11,18H2,1-3H3. The second kappa shape index (κ2) is 6.04. The number of hydrogen-bond acceptors (Lipinski definition) is 2. The lowest BCUT2D eigenvalue weighted by atomic mass is 9.96. The highest BCUT2D eigenvalue weighted by atomic mass is 31.0. The molecule has 0 N–H and O–H groups in total. The number of likely N-dealkylation sites (N-methyl/N-ethyl adjacent to an activating group) is 1. The second-order valence-corrected chi connectivity index (χ2v) is 6.01. The second-order valence-electron chi connectivity index (χ2n) is 5.38. The highest BCUT2D eigenvalue weighted by Gasteiger charge is 2.20. The fourth-order valence-corrected chi connectivity index (χ4v) is 3.05. The molecular weight excluding hydrogens is 239 g/mol. The van der Waals surface area contributed by atoms with Crippen LogP contribution in [0.4, 0.5) is 5.69 Å². The molecule has 0 aromatic heterocycles. The molecule has 2 rings (SSSR count). The van der Waals surface area contributed by atoms with Gasteiger partial charge in [0.25, 0.3) is 0 Å². The van der Waals surface area contributed by atoms with Gasteiger partial charge in [0, 0.05) is 31.9 Å². The van der Waals surface area contributed by atoms with Crippen molar-refractivity contribution in [2.24, 2.45) is 0 Å². The van der Waals surface area contributed by atoms with Crippen LogP contribution in [0.2, 0.25) is 0 Å². The molecule has 1 heterocycles. The van der Waals surface area contributed by atoms with Gasteiger partial charge in [0.1, 0.15) is 0 Å². The predicted octanol–water partition coefficient (Wildman–Crippen LogP) is 2.45. The van der Waals surface area contributed by atoms with Crippen LogP contribution in [0.25, 0.3) is 0 Å². The van der Waals surface area contributed by atoms with Gasteiger partial charge in [0.05, 0.1) is 0 Å². The maximum absolute atomic E-state index is 2.91. The fourth-order valence-electron chi connectivity index (χ4n) is 2.59. The van der Waals surface area contributed by atoms with E-state index in [2.05, 4.69) is 58.1 Å². The molecule has 2 unspecified atom stereocenters. The Morgan fingerprint density at radius 3 is 2.50 bits per heavy atom. The minimum atomic E-state index is 0.639. The summed E-state index contributed by atoms with van der Waals surface area (Å²) < 4.78 is 0. The maximum atomic E-state index is 2.91. The maximum Gasteiger partial charge on any atom is 0.0475 e. The van der Waals surface area contributed by atoms with E-state index in [9.17, 15) is 0 Å². The molecular formula is C15H25N2P. The van der Waals surface area contributed by atoms with Gasteiger partial charge in [-0.25, -0.2) is 0 Å². The molecule has 2 nitrogen and oxygen atoms in total. The summed E-state index contributed by atoms with van der Waals surface area (Å²) in [5, 5.41) is 1.34. The largest absolute Gasteiger partial charge is 0.368 e. The van der Waals surface area contributed by atoms with Gasteiger partial charge < -0.3 is 9.80 Å². The zero-order valence-corrected chi connectivity index (χ0v) is 13.0. The minimum absolute atomic E-state index is 0.639. The van der Waals surface area contributed by atoms with E-state index in [0.717, 1.165) is 13.1 Å². The molecule has 18 heavy (non-hydrogen) atoms. The molecule has 1 aromatic carbocycles. The Hall–Kier alpha value is -0.590. The Labute approximate surface area is 114 Å². The summed E-state index contributed by atoms with van der Waals surface area (Å²) in [4.78, 5) is 4.97. The number of anilines is 1. The van der Waals surface area contributed by atoms with Crippen molar-refractivity contribution in [3.63, 3.8) is 0 Å². The molecule has 0 spiro atoms. The first-order chi connectivity index (χ1) is 8.63. The lowest BCUT2D eigenvalue weighted by Crippen LogP contribution is -2.46. The van der Waals surface area contributed by atoms with Crippen LogP contribution in [0, 0.1) is 0 Å². The quantitative estimate of drug-likeness (QED) is 0.774. The molecule has 0 saturated carbocycles. The van der Waals surface area contributed by atoms with Crippen LogP contribution in [0.3, 0.4) is 0 Å². The first kappa shape index (κ1) is 13.8. The Morgan fingerprint density at radius 2 is 1.89 bits per heavy atom. The molecule has 0 aliphatic carbocycles. The van der Waals surface area contributed by atoms with E-state index in [-0.39, 0.29) is 0 Å². The summed E-state index contributed by atoms with van der Waals surface area (Å²) in [6.45, 7) is 9.22. The third-order valence-electron chi connectivity index (χ3n) is 4.06. The molecule has 0 amide bonds. The van der Waals surface area contributed by atoms with Crippen LogP contribution in [-0.4, -0.2) is 38.1 Å². The van der Waals surface area contributed by atoms with E-state index in [4.69, 9.17) is 0 Å². The Balaban J connectivity index is 2.30. The van der Waals surface area contributed by atoms with Gasteiger partial charge in [-0.1, -0.05) is 32.0 Å². The topological polar surface area (TPSA) is 6.48 Å². The SMILES string of the molecule is CCC(C)c1cccc(P)c1N1CCN(C)CC1. The van der Waals surface area contributed by atoms with Crippen molar-refractivity contribution in [2.45, 2.75) is 26.2 Å². The molecule has 0 radical (unpaired) electrons. The van der Waals surface area contributed by atoms with Gasteiger partial charge in [0.15, 0.2) is 0 Å². The Morgan fingerprint density at radius 1 is 1.22 bits per heavy atom. The minimum Gasteiger partial charge on any atom is -0.368 e. The number of benzene rings is 1. The Bertz CT molecular complexity index is 397. The van der Waals surface area contributed by atoms with Gasteiger partial charge in [-0.05, 0) is 30.3 Å². The molecule has 1 aliphatic rings. The van der Waals surface area contributed by atoms with Crippen molar-refractivity contribution in [1.82, 2.24) is 4.90 Å². The summed E-state index contributed by atoms with van der Waals surface area (Å²) in [6.07, 6.45) is 1.20. The smallest absolute Gasteiger partial charge is 0.0475 e. The number of piperazine rings is 1. The van der Waals surface area contributed by atoms with E-state index in [1.807, 2.05) is 0 Å². The molecule has 1 saturated heterocycles. The van der Waals surface area contributed by atoms with Gasteiger partial charge in [-0.2, -0.15) is 0 Å². The molecule has 100 valence electrons. The lowest BCUT2D eigenvalue weighted by molar-refractivity contribution is 0.312. The van der Waals surface area contributed by atoms with E-state index in [0.29, 0.717) is 5.92 Å². The van der Waals surface area contributed by atoms with Crippen molar-refractivity contribution < 1.29 is 0 Å². The van der Waals surface area contributed by atoms with Crippen molar-refractivity contribution in [3.8, 4) is 0 Å². The third-order valence-corrected chi connectivity index (χ3v) is 4.53. The summed E-state index contributed by atoms with van der Waals surface area (Å²) in [5.74, 6) is 0.639. The highest BCUT2D eigenvalue weighted by molar-refractivity contribution is 7.28. The molecule has 2 atom stereocenters. The van der Waals surface area contributed by atoms with Crippen molar-refractivity contribution >= 4 is 20.2 Å². The predicted molar refractivity (Wildman–Crippen MR) is 84.2 cm³/mol. The highest BCUT2D eigenvalue weighted by Crippen LogP contribution is 2.29. The molecule has 1 aromatic rings. The van der Waals surface area contributed by atoms with E-state index in [1.54, 1.807) is 0 Å². The number of para-hydroxylation sites is 1. The van der Waals surface area contributed by atoms with Crippen LogP contribution in [0.1, 0.15) is 31.7 Å². The third kappa shape index (κ3) is 2.87. The lowest BCUT2D eigenvalue weighted by Gasteiger charge is -2.36. The van der Waals surface area contributed by atoms with Gasteiger partial charge >= 0.3 is 0 Å². The first-order valence-corrected chi connectivity index (χ1v) is 7.53. The zero-order valence-electron chi connectivity index (χ0n) is 11.8. The van der Waals surface area contributed by atoms with Crippen molar-refractivity contribution in [1.29, 1.82) is 0 Å². The summed E-state index contributed by atoms with van der Waals surface area (Å²) in [7, 11) is 5.12. The van der Waals surface area contributed by atoms with Crippen molar-refractivity contribution in [3.05, 3.63) is 23.8 Å². The van der Waals surface area contributed by atoms with Gasteiger partial charge in [0.2, 0.25) is 0 Å². The number of rotatable bonds is 3. The first-order valence-electron chi connectivity index (χ1n) is 6.95. The van der Waals surface area contributed by atoms with E-state index in [1.165, 1.54) is 36.1 Å². The molecule has 1 fully saturated rings. The van der Waals surface area contributed by atoms with Gasteiger partial charge in [-0.15, -0.1) is 9.24 Å². The van der Waals surface area contributed by atoms with Crippen LogP contribution >= 0.6 is 9.24 Å². The summed E-state index contributed by atoms with van der Waals surface area (Å²) in [6, 6.07) is 6.70. The Kier molecular flexibility index (Phi) is 4.64. The van der Waals surface area contributed by atoms with Crippen LogP contribution in [0.15, 0.2) is 18.2 Å². The van der Waals surface area contributed by atoms with Gasteiger partial charge in [-0.3, -0.25) is 0 Å². The average molecular weight is 264 g/mol. The summed E-state index contributed by atoms with van der Waals surface area (Å²) >= 11 is 0. The molecule has 1 aliphatic heterocycles. The van der Waals surface area contributed by atoms with Crippen LogP contribution in [-0.2, 0) is 0 Å². The number of nitrogens with zero attached hydrogens (tertiary/aromatic N) is 2. The molecule has 0 bridgehead atoms. The normalized spacial score (nSPS) is 19.0. The van der Waals surface area contributed by atoms with Crippen LogP contribution < -0.4 is 10.2 Å². The molecule has 3 heteroatoms. The monoisotopic (exact) mass is 264 g/mol. The average Bonchev–Trinajstić information content (AvgIpc) is 2.39. The zero-order chi connectivity index (χ0) is 13.1. The van der Waals surface area contributed by atoms with E-state index < -0.39 is 0 Å². The fraction of sp³-hybridized carbons (Fsp3) is 0.600. The van der Waals surface area contributed by atoms with Crippen LogP contribution in [0.5, 0.6) is 0 Å². The number of hydrogen-bond donors (Lipinski definition) is 0.